The molecule has 22 heavy (non-hydrogen) atoms. The zero-order valence-electron chi connectivity index (χ0n) is 11.1. The van der Waals surface area contributed by atoms with Crippen LogP contribution in [-0.2, 0) is 15.4 Å². The Balaban J connectivity index is 2.58. The lowest BCUT2D eigenvalue weighted by Crippen LogP contribution is -2.62. The molecule has 0 spiro atoms. The Bertz CT molecular complexity index is 674. The summed E-state index contributed by atoms with van der Waals surface area (Å²) in [4.78, 5) is 36.8. The molecule has 1 saturated heterocycles. The van der Waals surface area contributed by atoms with Gasteiger partial charge in [-0.3, -0.25) is 19.1 Å². The minimum atomic E-state index is -2.13. The molecular weight excluding hydrogens is 413 g/mol. The van der Waals surface area contributed by atoms with Crippen LogP contribution in [0, 0.1) is 0 Å². The van der Waals surface area contributed by atoms with Gasteiger partial charge >= 0.3 is 5.69 Å². The number of amides is 1. The number of aliphatic hydroxyl groups is 3. The SMILES string of the molecule is O=C(CI)N[C@@]1(n2ccc(=O)[nH]c2=O)O[C@H](CO)[C@@H](O)[C@H]1O. The summed E-state index contributed by atoms with van der Waals surface area (Å²) in [5.74, 6) is -2.71. The van der Waals surface area contributed by atoms with Gasteiger partial charge in [0, 0.05) is 12.3 Å². The second kappa shape index (κ2) is 6.45. The van der Waals surface area contributed by atoms with Crippen LogP contribution in [0.1, 0.15) is 0 Å². The molecule has 0 radical (unpaired) electrons. The molecule has 2 rings (SSSR count). The third kappa shape index (κ3) is 2.81. The third-order valence-electron chi connectivity index (χ3n) is 3.24. The number of hydrogen-bond acceptors (Lipinski definition) is 7. The predicted octanol–water partition coefficient (Wildman–Crippen LogP) is -3.19. The largest absolute Gasteiger partial charge is 0.394 e. The molecule has 1 aromatic rings. The minimum Gasteiger partial charge on any atom is -0.394 e. The molecule has 4 atom stereocenters. The van der Waals surface area contributed by atoms with Crippen LogP contribution in [0.5, 0.6) is 0 Å². The van der Waals surface area contributed by atoms with Gasteiger partial charge in [0.1, 0.15) is 12.2 Å². The van der Waals surface area contributed by atoms with Crippen LogP contribution in [0.4, 0.5) is 0 Å². The summed E-state index contributed by atoms with van der Waals surface area (Å²) in [6.07, 6.45) is -3.48. The van der Waals surface area contributed by atoms with Crippen molar-refractivity contribution in [2.45, 2.75) is 24.2 Å². The van der Waals surface area contributed by atoms with Gasteiger partial charge in [-0.1, -0.05) is 22.6 Å². The first-order valence-electron chi connectivity index (χ1n) is 6.20. The zero-order chi connectivity index (χ0) is 16.5. The fraction of sp³-hybridized carbons (Fsp3) is 0.545. The van der Waals surface area contributed by atoms with Crippen LogP contribution < -0.4 is 16.6 Å². The van der Waals surface area contributed by atoms with Gasteiger partial charge in [0.15, 0.2) is 6.10 Å². The molecule has 1 aliphatic heterocycles. The van der Waals surface area contributed by atoms with Crippen molar-refractivity contribution in [1.29, 1.82) is 0 Å². The van der Waals surface area contributed by atoms with Crippen molar-refractivity contribution in [3.63, 3.8) is 0 Å². The van der Waals surface area contributed by atoms with E-state index in [1.807, 2.05) is 4.98 Å². The van der Waals surface area contributed by atoms with Gasteiger partial charge in [-0.2, -0.15) is 0 Å². The van der Waals surface area contributed by atoms with E-state index in [1.165, 1.54) is 0 Å². The van der Waals surface area contributed by atoms with Gasteiger partial charge in [-0.15, -0.1) is 0 Å². The van der Waals surface area contributed by atoms with Crippen LogP contribution >= 0.6 is 22.6 Å². The van der Waals surface area contributed by atoms with Gasteiger partial charge in [0.2, 0.25) is 5.91 Å². The van der Waals surface area contributed by atoms with Gasteiger partial charge in [0.05, 0.1) is 11.0 Å². The lowest BCUT2D eigenvalue weighted by molar-refractivity contribution is -0.178. The van der Waals surface area contributed by atoms with Crippen molar-refractivity contribution in [1.82, 2.24) is 14.9 Å². The summed E-state index contributed by atoms with van der Waals surface area (Å²) in [6, 6.07) is 0.994. The van der Waals surface area contributed by atoms with Gasteiger partial charge < -0.3 is 25.4 Å². The lowest BCUT2D eigenvalue weighted by atomic mass is 10.1. The minimum absolute atomic E-state index is 0.00637. The van der Waals surface area contributed by atoms with Crippen molar-refractivity contribution >= 4 is 28.5 Å². The molecule has 1 fully saturated rings. The first kappa shape index (κ1) is 17.1. The highest BCUT2D eigenvalue weighted by Crippen LogP contribution is 2.32. The number of hydrogen-bond donors (Lipinski definition) is 5. The number of ether oxygens (including phenoxy) is 1. The number of halogens is 1. The molecule has 11 heteroatoms. The van der Waals surface area contributed by atoms with E-state index in [1.54, 1.807) is 22.6 Å². The lowest BCUT2D eigenvalue weighted by Gasteiger charge is -2.33. The molecule has 0 unspecified atom stereocenters. The van der Waals surface area contributed by atoms with Crippen LogP contribution in [-0.4, -0.2) is 60.1 Å². The third-order valence-corrected chi connectivity index (χ3v) is 3.93. The molecule has 2 heterocycles. The van der Waals surface area contributed by atoms with Crippen molar-refractivity contribution < 1.29 is 24.9 Å². The van der Waals surface area contributed by atoms with E-state index in [4.69, 9.17) is 4.74 Å². The van der Waals surface area contributed by atoms with E-state index in [-0.39, 0.29) is 4.43 Å². The Hall–Kier alpha value is -1.28. The van der Waals surface area contributed by atoms with E-state index in [2.05, 4.69) is 5.32 Å². The van der Waals surface area contributed by atoms with Crippen LogP contribution in [0.15, 0.2) is 21.9 Å². The van der Waals surface area contributed by atoms with E-state index in [0.29, 0.717) is 0 Å². The fourth-order valence-electron chi connectivity index (χ4n) is 2.23. The highest BCUT2D eigenvalue weighted by atomic mass is 127. The van der Waals surface area contributed by atoms with Gasteiger partial charge in [-0.05, 0) is 0 Å². The number of carbonyl (C=O) groups is 1. The number of nitrogens with one attached hydrogen (secondary N) is 2. The van der Waals surface area contributed by atoms with Crippen LogP contribution in [0.25, 0.3) is 0 Å². The number of aliphatic hydroxyl groups excluding tert-OH is 3. The first-order chi connectivity index (χ1) is 10.4. The molecule has 1 aliphatic rings. The average molecular weight is 427 g/mol. The summed E-state index contributed by atoms with van der Waals surface area (Å²) >= 11 is 1.76. The van der Waals surface area contributed by atoms with Crippen molar-refractivity contribution in [2.75, 3.05) is 11.0 Å². The van der Waals surface area contributed by atoms with Crippen molar-refractivity contribution in [3.8, 4) is 0 Å². The van der Waals surface area contributed by atoms with E-state index >= 15 is 0 Å². The Labute approximate surface area is 136 Å². The molecule has 0 aliphatic carbocycles. The maximum Gasteiger partial charge on any atom is 0.332 e. The number of alkyl halides is 1. The average Bonchev–Trinajstić information content (AvgIpc) is 2.72. The summed E-state index contributed by atoms with van der Waals surface area (Å²) in [6.45, 7) is -0.641. The quantitative estimate of drug-likeness (QED) is 0.251. The standard InChI is InChI=1S/C11H14IN3O7/c12-3-7(18)14-11(9(20)8(19)5(4-16)22-11)15-2-1-6(17)13-10(15)21/h1-2,5,8-9,16,19-20H,3-4H2,(H,14,18)(H,13,17,21)/t5-,8-,9-,11+/m1/s1. The molecule has 1 aromatic heterocycles. The predicted molar refractivity (Wildman–Crippen MR) is 80.3 cm³/mol. The fourth-order valence-corrected chi connectivity index (χ4v) is 2.42. The monoisotopic (exact) mass is 427 g/mol. The topological polar surface area (TPSA) is 154 Å². The molecule has 0 bridgehead atoms. The molecule has 10 nitrogen and oxygen atoms in total. The highest BCUT2D eigenvalue weighted by molar-refractivity contribution is 14.1. The van der Waals surface area contributed by atoms with Crippen molar-refractivity contribution in [3.05, 3.63) is 33.1 Å². The summed E-state index contributed by atoms with van der Waals surface area (Å²) in [7, 11) is 0. The molecule has 0 saturated carbocycles. The number of aromatic amines is 1. The Morgan fingerprint density at radius 3 is 2.68 bits per heavy atom. The summed E-state index contributed by atoms with van der Waals surface area (Å²) in [5, 5.41) is 31.7. The van der Waals surface area contributed by atoms with Gasteiger partial charge in [0.25, 0.3) is 11.4 Å². The number of aromatic nitrogens is 2. The summed E-state index contributed by atoms with van der Waals surface area (Å²) in [5.41, 5.74) is -1.63. The Morgan fingerprint density at radius 2 is 2.18 bits per heavy atom. The molecule has 5 N–H and O–H groups in total. The summed E-state index contributed by atoms with van der Waals surface area (Å²) < 4.78 is 6.10. The normalized spacial score (nSPS) is 31.2. The Kier molecular flexibility index (Phi) is 5.01. The molecule has 122 valence electrons. The second-order valence-electron chi connectivity index (χ2n) is 4.63. The molecule has 1 amide bonds. The Morgan fingerprint density at radius 1 is 1.50 bits per heavy atom. The maximum atomic E-state index is 12.0. The smallest absolute Gasteiger partial charge is 0.332 e. The maximum absolute atomic E-state index is 12.0. The number of nitrogens with zero attached hydrogens (tertiary/aromatic N) is 1. The van der Waals surface area contributed by atoms with E-state index in [9.17, 15) is 29.7 Å². The van der Waals surface area contributed by atoms with Crippen LogP contribution in [0.3, 0.4) is 0 Å². The van der Waals surface area contributed by atoms with Gasteiger partial charge in [-0.25, -0.2) is 4.79 Å². The molecular formula is C11H14IN3O7. The zero-order valence-corrected chi connectivity index (χ0v) is 13.3. The number of H-pyrrole nitrogens is 1. The first-order valence-corrected chi connectivity index (χ1v) is 7.72. The highest BCUT2D eigenvalue weighted by Gasteiger charge is 2.57. The second-order valence-corrected chi connectivity index (χ2v) is 5.40. The number of carbonyl (C=O) groups excluding carboxylic acids is 1. The van der Waals surface area contributed by atoms with E-state index < -0.39 is 47.9 Å². The molecule has 0 aromatic carbocycles. The van der Waals surface area contributed by atoms with E-state index in [0.717, 1.165) is 16.8 Å². The van der Waals surface area contributed by atoms with Crippen molar-refractivity contribution in [2.24, 2.45) is 0 Å². The van der Waals surface area contributed by atoms with Crippen LogP contribution in [0.2, 0.25) is 0 Å². The number of rotatable bonds is 4.